The first-order valence-corrected chi connectivity index (χ1v) is 4.46. The molecule has 0 aliphatic carbocycles. The van der Waals surface area contributed by atoms with E-state index in [4.69, 9.17) is 0 Å². The topological polar surface area (TPSA) is 72.2 Å². The van der Waals surface area contributed by atoms with Gasteiger partial charge in [-0.25, -0.2) is 0 Å². The molecule has 5 aliphatic heterocycles. The van der Waals surface area contributed by atoms with Gasteiger partial charge in [-0.15, -0.1) is 0 Å². The zero-order chi connectivity index (χ0) is 7.71. The second-order valence-electron chi connectivity index (χ2n) is 3.87. The molecule has 5 rings (SSSR count). The van der Waals surface area contributed by atoms with Crippen LogP contribution in [-0.4, -0.2) is 37.0 Å². The monoisotopic (exact) mass is 168 g/mol. The van der Waals surface area contributed by atoms with Gasteiger partial charge in [-0.2, -0.15) is 0 Å². The molecule has 6 heteroatoms. The lowest BCUT2D eigenvalue weighted by Gasteiger charge is -2.36. The molecule has 0 aromatic rings. The molecule has 5 saturated heterocycles. The maximum Gasteiger partial charge on any atom is 0.0892 e. The summed E-state index contributed by atoms with van der Waals surface area (Å²) >= 11 is 0. The van der Waals surface area contributed by atoms with Crippen molar-refractivity contribution in [2.75, 3.05) is 0 Å². The molecule has 6 bridgehead atoms. The minimum atomic E-state index is 0.345. The van der Waals surface area contributed by atoms with E-state index < -0.39 is 0 Å². The zero-order valence-electron chi connectivity index (χ0n) is 6.46. The number of piperazine rings is 1. The summed E-state index contributed by atoms with van der Waals surface area (Å²) in [6.07, 6.45) is 2.17. The lowest BCUT2D eigenvalue weighted by Crippen LogP contribution is -2.71. The molecule has 0 saturated carbocycles. The molecule has 6 N–H and O–H groups in total. The van der Waals surface area contributed by atoms with E-state index in [9.17, 15) is 0 Å². The lowest BCUT2D eigenvalue weighted by molar-refractivity contribution is 0.207. The van der Waals surface area contributed by atoms with E-state index in [2.05, 4.69) is 31.9 Å². The van der Waals surface area contributed by atoms with Gasteiger partial charge in [0.1, 0.15) is 0 Å². The van der Waals surface area contributed by atoms with Gasteiger partial charge >= 0.3 is 0 Å². The van der Waals surface area contributed by atoms with Gasteiger partial charge in [0.05, 0.1) is 37.0 Å². The molecular formula is C6H12N6. The minimum absolute atomic E-state index is 0.345. The van der Waals surface area contributed by atoms with Crippen molar-refractivity contribution in [2.45, 2.75) is 37.0 Å². The molecule has 0 unspecified atom stereocenters. The Hall–Kier alpha value is -0.240. The van der Waals surface area contributed by atoms with Crippen LogP contribution in [0.1, 0.15) is 0 Å². The highest BCUT2D eigenvalue weighted by molar-refractivity contribution is 5.11. The van der Waals surface area contributed by atoms with E-state index in [0.717, 1.165) is 0 Å². The molecular weight excluding hydrogens is 156 g/mol. The summed E-state index contributed by atoms with van der Waals surface area (Å²) in [5.74, 6) is 0. The molecule has 0 aromatic heterocycles. The fourth-order valence-electron chi connectivity index (χ4n) is 2.60. The third-order valence-corrected chi connectivity index (χ3v) is 3.15. The number of hydrogen-bond acceptors (Lipinski definition) is 6. The van der Waals surface area contributed by atoms with Crippen molar-refractivity contribution in [3.05, 3.63) is 0 Å². The fraction of sp³-hybridized carbons (Fsp3) is 1.00. The minimum Gasteiger partial charge on any atom is -0.282 e. The van der Waals surface area contributed by atoms with Crippen LogP contribution in [0.15, 0.2) is 0 Å². The quantitative estimate of drug-likeness (QED) is 0.226. The Morgan fingerprint density at radius 1 is 0.333 bits per heavy atom. The predicted molar refractivity (Wildman–Crippen MR) is 41.5 cm³/mol. The summed E-state index contributed by atoms with van der Waals surface area (Å²) in [6.45, 7) is 0. The van der Waals surface area contributed by atoms with Crippen molar-refractivity contribution >= 4 is 0 Å². The van der Waals surface area contributed by atoms with E-state index in [1.54, 1.807) is 0 Å². The Labute approximate surface area is 69.8 Å². The molecule has 0 atom stereocenters. The van der Waals surface area contributed by atoms with Crippen molar-refractivity contribution in [3.63, 3.8) is 0 Å². The van der Waals surface area contributed by atoms with Gasteiger partial charge in [0.25, 0.3) is 0 Å². The Morgan fingerprint density at radius 2 is 0.500 bits per heavy atom. The molecule has 12 heavy (non-hydrogen) atoms. The van der Waals surface area contributed by atoms with Crippen LogP contribution in [0.3, 0.4) is 0 Å². The van der Waals surface area contributed by atoms with E-state index in [1.165, 1.54) is 0 Å². The van der Waals surface area contributed by atoms with Crippen LogP contribution >= 0.6 is 0 Å². The summed E-state index contributed by atoms with van der Waals surface area (Å²) in [6, 6.07) is 0. The van der Waals surface area contributed by atoms with Crippen molar-refractivity contribution in [3.8, 4) is 0 Å². The predicted octanol–water partition coefficient (Wildman–Crippen LogP) is -3.46. The maximum atomic E-state index is 3.49. The second-order valence-corrected chi connectivity index (χ2v) is 3.87. The third kappa shape index (κ3) is 0.586. The van der Waals surface area contributed by atoms with Crippen LogP contribution in [-0.2, 0) is 0 Å². The van der Waals surface area contributed by atoms with Crippen molar-refractivity contribution in [1.82, 2.24) is 31.9 Å². The molecule has 5 aliphatic rings. The van der Waals surface area contributed by atoms with Gasteiger partial charge in [0.15, 0.2) is 0 Å². The average Bonchev–Trinajstić information content (AvgIpc) is 2.48. The lowest BCUT2D eigenvalue weighted by atomic mass is 10.2. The molecule has 5 heterocycles. The Kier molecular flexibility index (Phi) is 0.946. The van der Waals surface area contributed by atoms with E-state index in [1.807, 2.05) is 0 Å². The SMILES string of the molecule is N1C2NC3NC4NC3NC2NC14. The first-order valence-electron chi connectivity index (χ1n) is 4.46. The molecule has 66 valence electrons. The van der Waals surface area contributed by atoms with Gasteiger partial charge < -0.3 is 0 Å². The molecule has 0 spiro atoms. The standard InChI is InChI=1S/C6H12N6/c7-1-2-8-5(7)6-9-3(11-1)4(10-6)12-2/h1-12H. The highest BCUT2D eigenvalue weighted by Gasteiger charge is 2.53. The van der Waals surface area contributed by atoms with Crippen LogP contribution < -0.4 is 31.9 Å². The average molecular weight is 168 g/mol. The Bertz CT molecular complexity index is 188. The summed E-state index contributed by atoms with van der Waals surface area (Å²) in [5.41, 5.74) is 0. The molecule has 5 fully saturated rings. The largest absolute Gasteiger partial charge is 0.282 e. The van der Waals surface area contributed by atoms with E-state index in [0.29, 0.717) is 37.0 Å². The van der Waals surface area contributed by atoms with Gasteiger partial charge in [0.2, 0.25) is 0 Å². The first-order chi connectivity index (χ1) is 5.90. The zero-order valence-corrected chi connectivity index (χ0v) is 6.46. The third-order valence-electron chi connectivity index (χ3n) is 3.15. The van der Waals surface area contributed by atoms with Crippen molar-refractivity contribution in [1.29, 1.82) is 0 Å². The molecule has 0 aromatic carbocycles. The number of nitrogens with one attached hydrogen (secondary N) is 6. The number of hydrogen-bond donors (Lipinski definition) is 6. The smallest absolute Gasteiger partial charge is 0.0892 e. The van der Waals surface area contributed by atoms with Crippen LogP contribution in [0.4, 0.5) is 0 Å². The maximum absolute atomic E-state index is 3.49. The van der Waals surface area contributed by atoms with Gasteiger partial charge in [-0.1, -0.05) is 0 Å². The van der Waals surface area contributed by atoms with Crippen LogP contribution in [0.25, 0.3) is 0 Å². The van der Waals surface area contributed by atoms with Crippen LogP contribution in [0.2, 0.25) is 0 Å². The summed E-state index contributed by atoms with van der Waals surface area (Å²) in [5, 5.41) is 20.8. The van der Waals surface area contributed by atoms with Gasteiger partial charge in [-0.05, 0) is 0 Å². The van der Waals surface area contributed by atoms with Gasteiger partial charge in [-0.3, -0.25) is 31.9 Å². The molecule has 0 radical (unpaired) electrons. The summed E-state index contributed by atoms with van der Waals surface area (Å²) in [7, 11) is 0. The highest BCUT2D eigenvalue weighted by Crippen LogP contribution is 2.19. The van der Waals surface area contributed by atoms with Crippen LogP contribution in [0.5, 0.6) is 0 Å². The van der Waals surface area contributed by atoms with E-state index in [-0.39, 0.29) is 0 Å². The first kappa shape index (κ1) is 6.25. The van der Waals surface area contributed by atoms with Crippen LogP contribution in [0, 0.1) is 0 Å². The Balaban J connectivity index is 1.84. The van der Waals surface area contributed by atoms with Crippen molar-refractivity contribution in [2.24, 2.45) is 0 Å². The molecule has 6 nitrogen and oxygen atoms in total. The fourth-order valence-corrected chi connectivity index (χ4v) is 2.60. The summed E-state index contributed by atoms with van der Waals surface area (Å²) in [4.78, 5) is 0. The van der Waals surface area contributed by atoms with E-state index >= 15 is 0 Å². The summed E-state index contributed by atoms with van der Waals surface area (Å²) < 4.78 is 0. The second kappa shape index (κ2) is 1.82. The van der Waals surface area contributed by atoms with Crippen molar-refractivity contribution < 1.29 is 0 Å². The normalized spacial score (nSPS) is 66.0. The number of rotatable bonds is 0. The van der Waals surface area contributed by atoms with Gasteiger partial charge in [0, 0.05) is 0 Å². The highest BCUT2D eigenvalue weighted by atomic mass is 15.6. The Morgan fingerprint density at radius 3 is 0.667 bits per heavy atom. The molecule has 0 amide bonds.